The number of nitrogens with one attached hydrogen (secondary N) is 1. The topological polar surface area (TPSA) is 145 Å². The summed E-state index contributed by atoms with van der Waals surface area (Å²) in [6.45, 7) is 1.87. The number of benzene rings is 2. The second kappa shape index (κ2) is 10.7. The lowest BCUT2D eigenvalue weighted by Crippen LogP contribution is -2.55. The lowest BCUT2D eigenvalue weighted by Gasteiger charge is -2.28. The van der Waals surface area contributed by atoms with Gasteiger partial charge in [-0.1, -0.05) is 30.3 Å². The van der Waals surface area contributed by atoms with E-state index in [1.165, 1.54) is 36.1 Å². The fourth-order valence-electron chi connectivity index (χ4n) is 3.65. The average Bonchev–Trinajstić information content (AvgIpc) is 3.29. The van der Waals surface area contributed by atoms with Gasteiger partial charge >= 0.3 is 5.97 Å². The van der Waals surface area contributed by atoms with Gasteiger partial charge in [-0.2, -0.15) is 0 Å². The molecule has 0 aromatic heterocycles. The Kier molecular flexibility index (Phi) is 7.73. The number of nitrogens with zero attached hydrogens (tertiary/aromatic N) is 2. The molecule has 0 saturated carbocycles. The molecule has 3 rings (SSSR count). The van der Waals surface area contributed by atoms with Crippen LogP contribution in [0.15, 0.2) is 54.6 Å². The van der Waals surface area contributed by atoms with E-state index >= 15 is 0 Å². The molecule has 2 amide bonds. The Morgan fingerprint density at radius 2 is 1.85 bits per heavy atom. The molecule has 174 valence electrons. The number of nitro groups is 1. The first-order valence-corrected chi connectivity index (χ1v) is 10.6. The third-order valence-electron chi connectivity index (χ3n) is 5.38. The standard InChI is InChI=1S/C23H26N4O6/c1-15(24)21(28)25-19(14-16-6-3-2-4-7-16)22(29)26-13-5-8-20(26)23(30)33-18-11-9-17(10-12-18)27(31)32/h2-4,6-7,9-12,15,19-20H,5,8,13-14,24H2,1H3,(H,25,28)/t15-,19-,20-/m0/s1. The minimum absolute atomic E-state index is 0.124. The second-order valence-electron chi connectivity index (χ2n) is 7.90. The van der Waals surface area contributed by atoms with Crippen molar-refractivity contribution in [2.24, 2.45) is 5.73 Å². The highest BCUT2D eigenvalue weighted by atomic mass is 16.6. The normalized spacial score (nSPS) is 17.2. The van der Waals surface area contributed by atoms with Crippen molar-refractivity contribution in [1.29, 1.82) is 0 Å². The lowest BCUT2D eigenvalue weighted by atomic mass is 10.0. The fraction of sp³-hybridized carbons (Fsp3) is 0.348. The maximum Gasteiger partial charge on any atom is 0.334 e. The summed E-state index contributed by atoms with van der Waals surface area (Å²) >= 11 is 0. The van der Waals surface area contributed by atoms with Crippen LogP contribution >= 0.6 is 0 Å². The Balaban J connectivity index is 1.74. The van der Waals surface area contributed by atoms with Gasteiger partial charge in [-0.25, -0.2) is 4.79 Å². The summed E-state index contributed by atoms with van der Waals surface area (Å²) in [4.78, 5) is 50.1. The Hall–Kier alpha value is -3.79. The quantitative estimate of drug-likeness (QED) is 0.266. The zero-order chi connectivity index (χ0) is 24.0. The second-order valence-corrected chi connectivity index (χ2v) is 7.90. The van der Waals surface area contributed by atoms with E-state index < -0.39 is 40.8 Å². The van der Waals surface area contributed by atoms with Crippen molar-refractivity contribution >= 4 is 23.5 Å². The molecule has 1 fully saturated rings. The van der Waals surface area contributed by atoms with Crippen molar-refractivity contribution in [2.75, 3.05) is 6.54 Å². The van der Waals surface area contributed by atoms with Crippen LogP contribution in [0.1, 0.15) is 25.3 Å². The number of non-ortho nitro benzene ring substituents is 1. The van der Waals surface area contributed by atoms with E-state index in [4.69, 9.17) is 10.5 Å². The van der Waals surface area contributed by atoms with Gasteiger partial charge in [0.05, 0.1) is 11.0 Å². The number of amides is 2. The molecule has 0 unspecified atom stereocenters. The maximum atomic E-state index is 13.4. The third kappa shape index (κ3) is 6.13. The SMILES string of the molecule is C[C@H](N)C(=O)N[C@@H](Cc1ccccc1)C(=O)N1CCC[C@H]1C(=O)Oc1ccc([N+](=O)[O-])cc1. The van der Waals surface area contributed by atoms with Gasteiger partial charge in [0, 0.05) is 25.1 Å². The van der Waals surface area contributed by atoms with Gasteiger partial charge in [0.25, 0.3) is 5.69 Å². The first kappa shape index (κ1) is 23.9. The van der Waals surface area contributed by atoms with Crippen LogP contribution in [-0.2, 0) is 20.8 Å². The molecule has 1 saturated heterocycles. The third-order valence-corrected chi connectivity index (χ3v) is 5.38. The summed E-state index contributed by atoms with van der Waals surface area (Å²) in [5.74, 6) is -1.34. The number of carbonyl (C=O) groups excluding carboxylic acids is 3. The summed E-state index contributed by atoms with van der Waals surface area (Å²) in [6.07, 6.45) is 1.26. The smallest absolute Gasteiger partial charge is 0.334 e. The van der Waals surface area contributed by atoms with Crippen LogP contribution in [0.5, 0.6) is 5.75 Å². The Morgan fingerprint density at radius 3 is 2.45 bits per heavy atom. The van der Waals surface area contributed by atoms with E-state index in [9.17, 15) is 24.5 Å². The summed E-state index contributed by atoms with van der Waals surface area (Å²) in [6, 6.07) is 11.9. The minimum atomic E-state index is -0.890. The molecular weight excluding hydrogens is 428 g/mol. The van der Waals surface area contributed by atoms with Crippen molar-refractivity contribution in [2.45, 2.75) is 44.3 Å². The van der Waals surface area contributed by atoms with E-state index in [0.29, 0.717) is 19.4 Å². The van der Waals surface area contributed by atoms with E-state index in [1.807, 2.05) is 30.3 Å². The van der Waals surface area contributed by atoms with Gasteiger partial charge in [-0.05, 0) is 37.5 Å². The number of esters is 1. The van der Waals surface area contributed by atoms with E-state index in [0.717, 1.165) is 5.56 Å². The number of nitrogens with two attached hydrogens (primary N) is 1. The van der Waals surface area contributed by atoms with Gasteiger partial charge in [-0.15, -0.1) is 0 Å². The monoisotopic (exact) mass is 454 g/mol. The number of hydrogen-bond acceptors (Lipinski definition) is 7. The zero-order valence-electron chi connectivity index (χ0n) is 18.2. The van der Waals surface area contributed by atoms with Crippen LogP contribution in [0, 0.1) is 10.1 Å². The molecule has 10 nitrogen and oxygen atoms in total. The van der Waals surface area contributed by atoms with Gasteiger partial charge in [0.1, 0.15) is 17.8 Å². The average molecular weight is 454 g/mol. The van der Waals surface area contributed by atoms with Crippen LogP contribution in [-0.4, -0.2) is 52.3 Å². The molecule has 0 radical (unpaired) electrons. The Bertz CT molecular complexity index is 1010. The summed E-state index contributed by atoms with van der Waals surface area (Å²) in [5, 5.41) is 13.5. The molecule has 2 aromatic rings. The first-order valence-electron chi connectivity index (χ1n) is 10.6. The number of hydrogen-bond donors (Lipinski definition) is 2. The number of carbonyl (C=O) groups is 3. The van der Waals surface area contributed by atoms with Crippen LogP contribution in [0.25, 0.3) is 0 Å². The minimum Gasteiger partial charge on any atom is -0.425 e. The number of rotatable bonds is 8. The predicted molar refractivity (Wildman–Crippen MR) is 119 cm³/mol. The van der Waals surface area contributed by atoms with E-state index in [-0.39, 0.29) is 17.9 Å². The number of likely N-dealkylation sites (tertiary alicyclic amines) is 1. The molecular formula is C23H26N4O6. The highest BCUT2D eigenvalue weighted by molar-refractivity contribution is 5.92. The van der Waals surface area contributed by atoms with E-state index in [1.54, 1.807) is 0 Å². The molecule has 0 aliphatic carbocycles. The van der Waals surface area contributed by atoms with Crippen LogP contribution < -0.4 is 15.8 Å². The summed E-state index contributed by atoms with van der Waals surface area (Å²) < 4.78 is 5.37. The Labute approximate surface area is 190 Å². The first-order chi connectivity index (χ1) is 15.8. The molecule has 0 bridgehead atoms. The molecule has 33 heavy (non-hydrogen) atoms. The number of nitro benzene ring substituents is 1. The van der Waals surface area contributed by atoms with Crippen LogP contribution in [0.3, 0.4) is 0 Å². The highest BCUT2D eigenvalue weighted by Crippen LogP contribution is 2.23. The van der Waals surface area contributed by atoms with Gasteiger partial charge < -0.3 is 20.7 Å². The van der Waals surface area contributed by atoms with Crippen LogP contribution in [0.4, 0.5) is 5.69 Å². The molecule has 1 aliphatic rings. The molecule has 1 heterocycles. The fourth-order valence-corrected chi connectivity index (χ4v) is 3.65. The molecule has 1 aliphatic heterocycles. The molecule has 3 N–H and O–H groups in total. The van der Waals surface area contributed by atoms with Gasteiger partial charge in [0.2, 0.25) is 11.8 Å². The van der Waals surface area contributed by atoms with Crippen molar-refractivity contribution in [3.8, 4) is 5.75 Å². The van der Waals surface area contributed by atoms with Crippen molar-refractivity contribution in [3.05, 3.63) is 70.3 Å². The Morgan fingerprint density at radius 1 is 1.18 bits per heavy atom. The lowest BCUT2D eigenvalue weighted by molar-refractivity contribution is -0.384. The molecule has 0 spiro atoms. The summed E-state index contributed by atoms with van der Waals surface area (Å²) in [5.41, 5.74) is 6.40. The zero-order valence-corrected chi connectivity index (χ0v) is 18.2. The van der Waals surface area contributed by atoms with Gasteiger partial charge in [-0.3, -0.25) is 19.7 Å². The summed E-state index contributed by atoms with van der Waals surface area (Å²) in [7, 11) is 0. The van der Waals surface area contributed by atoms with Gasteiger partial charge in [0.15, 0.2) is 0 Å². The van der Waals surface area contributed by atoms with Crippen molar-refractivity contribution in [3.63, 3.8) is 0 Å². The maximum absolute atomic E-state index is 13.4. The molecule has 3 atom stereocenters. The van der Waals surface area contributed by atoms with Crippen molar-refractivity contribution in [1.82, 2.24) is 10.2 Å². The van der Waals surface area contributed by atoms with Crippen molar-refractivity contribution < 1.29 is 24.0 Å². The highest BCUT2D eigenvalue weighted by Gasteiger charge is 2.39. The van der Waals surface area contributed by atoms with Crippen LogP contribution in [0.2, 0.25) is 0 Å². The van der Waals surface area contributed by atoms with E-state index in [2.05, 4.69) is 5.32 Å². The molecule has 2 aromatic carbocycles. The largest absolute Gasteiger partial charge is 0.425 e. The molecule has 10 heteroatoms. The predicted octanol–water partition coefficient (Wildman–Crippen LogP) is 1.57. The number of ether oxygens (including phenoxy) is 1.